The van der Waals surface area contributed by atoms with Gasteiger partial charge in [-0.25, -0.2) is 8.42 Å². The molecule has 5 rings (SSSR count). The smallest absolute Gasteiger partial charge is 0.240 e. The Labute approximate surface area is 149 Å². The molecule has 2 aromatic carbocycles. The molecular weight excluding hydrogens is 332 g/mol. The van der Waals surface area contributed by atoms with E-state index < -0.39 is 15.3 Å². The fourth-order valence-electron chi connectivity index (χ4n) is 5.28. The molecule has 2 saturated heterocycles. The summed E-state index contributed by atoms with van der Waals surface area (Å²) >= 11 is 0. The second kappa shape index (κ2) is 5.32. The van der Waals surface area contributed by atoms with E-state index in [0.717, 1.165) is 36.2 Å². The number of hydrogen-bond donors (Lipinski definition) is 0. The highest BCUT2D eigenvalue weighted by Gasteiger charge is 2.60. The Bertz CT molecular complexity index is 912. The molecule has 130 valence electrons. The van der Waals surface area contributed by atoms with Crippen LogP contribution in [-0.4, -0.2) is 38.2 Å². The van der Waals surface area contributed by atoms with Crippen molar-refractivity contribution in [2.24, 2.45) is 0 Å². The lowest BCUT2D eigenvalue weighted by Gasteiger charge is -2.39. The third kappa shape index (κ3) is 1.99. The van der Waals surface area contributed by atoms with E-state index in [4.69, 9.17) is 0 Å². The topological polar surface area (TPSA) is 40.6 Å². The average Bonchev–Trinajstić information content (AvgIpc) is 3.21. The molecule has 5 heteroatoms. The summed E-state index contributed by atoms with van der Waals surface area (Å²) in [6.07, 6.45) is 2.23. The van der Waals surface area contributed by atoms with E-state index in [1.165, 1.54) is 4.31 Å². The molecule has 0 aliphatic carbocycles. The van der Waals surface area contributed by atoms with Crippen molar-refractivity contribution in [2.45, 2.75) is 36.1 Å². The number of fused-ring (bicyclic) bond motifs is 5. The van der Waals surface area contributed by atoms with Crippen LogP contribution < -0.4 is 4.31 Å². The molecule has 0 aromatic heterocycles. The maximum absolute atomic E-state index is 13.5. The summed E-state index contributed by atoms with van der Waals surface area (Å²) in [7, 11) is -1.70. The molecule has 0 saturated carbocycles. The summed E-state index contributed by atoms with van der Waals surface area (Å²) in [5, 5.41) is -0.403. The number of sulfonamides is 1. The van der Waals surface area contributed by atoms with E-state index in [1.807, 2.05) is 36.4 Å². The number of benzene rings is 2. The maximum Gasteiger partial charge on any atom is 0.240 e. The zero-order valence-corrected chi connectivity index (χ0v) is 15.1. The van der Waals surface area contributed by atoms with Crippen LogP contribution in [0.25, 0.3) is 0 Å². The van der Waals surface area contributed by atoms with Crippen molar-refractivity contribution in [2.75, 3.05) is 17.9 Å². The molecular formula is C20H22N2O2S. The Morgan fingerprint density at radius 1 is 1.00 bits per heavy atom. The summed E-state index contributed by atoms with van der Waals surface area (Å²) < 4.78 is 28.5. The van der Waals surface area contributed by atoms with Crippen LogP contribution in [0.5, 0.6) is 0 Å². The molecule has 0 amide bonds. The summed E-state index contributed by atoms with van der Waals surface area (Å²) in [5.74, 6) is 0.0366. The van der Waals surface area contributed by atoms with Crippen molar-refractivity contribution in [1.82, 2.24) is 4.90 Å². The molecule has 4 nitrogen and oxygen atoms in total. The van der Waals surface area contributed by atoms with Gasteiger partial charge >= 0.3 is 0 Å². The average molecular weight is 354 g/mol. The minimum atomic E-state index is -3.40. The lowest BCUT2D eigenvalue weighted by atomic mass is 9.87. The Morgan fingerprint density at radius 2 is 1.72 bits per heavy atom. The number of anilines is 1. The number of rotatable bonds is 1. The van der Waals surface area contributed by atoms with Gasteiger partial charge < -0.3 is 0 Å². The largest absolute Gasteiger partial charge is 0.291 e. The first-order valence-electron chi connectivity index (χ1n) is 8.98. The molecule has 3 heterocycles. The van der Waals surface area contributed by atoms with E-state index >= 15 is 0 Å². The molecule has 0 radical (unpaired) electrons. The first-order chi connectivity index (χ1) is 12.1. The van der Waals surface area contributed by atoms with Crippen LogP contribution in [0.15, 0.2) is 54.6 Å². The molecule has 0 N–H and O–H groups in total. The molecule has 2 fully saturated rings. The van der Waals surface area contributed by atoms with Gasteiger partial charge in [-0.3, -0.25) is 9.21 Å². The zero-order chi connectivity index (χ0) is 17.2. The molecule has 0 spiro atoms. The van der Waals surface area contributed by atoms with Gasteiger partial charge in [0.1, 0.15) is 5.25 Å². The van der Waals surface area contributed by atoms with Crippen molar-refractivity contribution in [3.8, 4) is 0 Å². The minimum absolute atomic E-state index is 0.0323. The first-order valence-corrected chi connectivity index (χ1v) is 10.5. The zero-order valence-electron chi connectivity index (χ0n) is 14.2. The highest BCUT2D eigenvalue weighted by atomic mass is 32.2. The van der Waals surface area contributed by atoms with Crippen LogP contribution in [0.3, 0.4) is 0 Å². The van der Waals surface area contributed by atoms with E-state index in [9.17, 15) is 8.42 Å². The normalized spacial score (nSPS) is 32.9. The second-order valence-electron chi connectivity index (χ2n) is 7.36. The number of nitrogens with zero attached hydrogens (tertiary/aromatic N) is 2. The van der Waals surface area contributed by atoms with Crippen LogP contribution in [-0.2, 0) is 10.0 Å². The summed E-state index contributed by atoms with van der Waals surface area (Å²) in [5.41, 5.74) is 3.15. The van der Waals surface area contributed by atoms with Crippen LogP contribution in [0.1, 0.15) is 35.9 Å². The Morgan fingerprint density at radius 3 is 2.52 bits per heavy atom. The predicted molar refractivity (Wildman–Crippen MR) is 99.2 cm³/mol. The van der Waals surface area contributed by atoms with E-state index in [2.05, 4.69) is 23.1 Å². The Kier molecular flexibility index (Phi) is 3.28. The third-order valence-corrected chi connectivity index (χ3v) is 8.48. The monoisotopic (exact) mass is 354 g/mol. The van der Waals surface area contributed by atoms with Crippen molar-refractivity contribution in [3.63, 3.8) is 0 Å². The molecule has 2 aromatic rings. The van der Waals surface area contributed by atoms with Gasteiger partial charge in [-0.05, 0) is 36.6 Å². The van der Waals surface area contributed by atoms with Gasteiger partial charge in [-0.2, -0.15) is 0 Å². The Balaban J connectivity index is 1.75. The van der Waals surface area contributed by atoms with Crippen molar-refractivity contribution >= 4 is 15.7 Å². The highest BCUT2D eigenvalue weighted by molar-refractivity contribution is 7.93. The quantitative estimate of drug-likeness (QED) is 0.790. The fourth-order valence-corrected chi connectivity index (χ4v) is 7.43. The minimum Gasteiger partial charge on any atom is -0.291 e. The standard InChI is InChI=1S/C20H22N2O2S/c1-21-16-11-6-5-10-15(16)19-20(25(21,23)24)18(14-8-3-2-4-9-14)17-12-7-13-22(17)19/h2-6,8-11,17-20H,7,12-13H2,1H3/t17-,18+,19-,20-/m1/s1. The van der Waals surface area contributed by atoms with E-state index in [1.54, 1.807) is 7.05 Å². The second-order valence-corrected chi connectivity index (χ2v) is 9.49. The maximum atomic E-state index is 13.5. The van der Waals surface area contributed by atoms with Crippen molar-refractivity contribution in [3.05, 3.63) is 65.7 Å². The van der Waals surface area contributed by atoms with Crippen molar-refractivity contribution < 1.29 is 8.42 Å². The van der Waals surface area contributed by atoms with Crippen LogP contribution in [0.4, 0.5) is 5.69 Å². The van der Waals surface area contributed by atoms with Gasteiger partial charge in [0.05, 0.1) is 11.7 Å². The third-order valence-electron chi connectivity index (χ3n) is 6.28. The van der Waals surface area contributed by atoms with Crippen LogP contribution in [0.2, 0.25) is 0 Å². The lowest BCUT2D eigenvalue weighted by molar-refractivity contribution is 0.244. The predicted octanol–water partition coefficient (Wildman–Crippen LogP) is 3.14. The van der Waals surface area contributed by atoms with Gasteiger partial charge in [-0.15, -0.1) is 0 Å². The number of hydrogen-bond acceptors (Lipinski definition) is 3. The van der Waals surface area contributed by atoms with Crippen molar-refractivity contribution in [1.29, 1.82) is 0 Å². The summed E-state index contributed by atoms with van der Waals surface area (Å²) in [6, 6.07) is 18.5. The van der Waals surface area contributed by atoms with Gasteiger partial charge in [-0.1, -0.05) is 48.5 Å². The van der Waals surface area contributed by atoms with Gasteiger partial charge in [0.2, 0.25) is 10.0 Å². The van der Waals surface area contributed by atoms with Crippen LogP contribution >= 0.6 is 0 Å². The molecule has 0 unspecified atom stereocenters. The lowest BCUT2D eigenvalue weighted by Crippen LogP contribution is -2.46. The van der Waals surface area contributed by atoms with Gasteiger partial charge in [0.15, 0.2) is 0 Å². The highest BCUT2D eigenvalue weighted by Crippen LogP contribution is 2.56. The van der Waals surface area contributed by atoms with Gasteiger partial charge in [0.25, 0.3) is 0 Å². The molecule has 0 bridgehead atoms. The van der Waals surface area contributed by atoms with E-state index in [-0.39, 0.29) is 12.0 Å². The first kappa shape index (κ1) is 15.4. The van der Waals surface area contributed by atoms with Crippen LogP contribution in [0, 0.1) is 0 Å². The summed E-state index contributed by atoms with van der Waals surface area (Å²) in [6.45, 7) is 0.989. The SMILES string of the molecule is CN1c2ccccc2[C@@H]2[C@@H]([C@@H](c3ccccc3)[C@H]3CCCN32)S1(=O)=O. The molecule has 3 aliphatic rings. The van der Waals surface area contributed by atoms with Gasteiger partial charge in [0, 0.05) is 19.0 Å². The Hall–Kier alpha value is -1.85. The number of para-hydroxylation sites is 1. The molecule has 25 heavy (non-hydrogen) atoms. The van der Waals surface area contributed by atoms with E-state index in [0.29, 0.717) is 6.04 Å². The molecule has 3 aliphatic heterocycles. The summed E-state index contributed by atoms with van der Waals surface area (Å²) in [4.78, 5) is 2.46. The molecule has 4 atom stereocenters. The fraction of sp³-hybridized carbons (Fsp3) is 0.400.